The maximum Gasteiger partial charge on any atom is 0.171 e. The third-order valence-corrected chi connectivity index (χ3v) is 14.5. The van der Waals surface area contributed by atoms with Gasteiger partial charge in [0.15, 0.2) is 14.3 Å². The van der Waals surface area contributed by atoms with Crippen LogP contribution < -0.4 is 31.8 Å². The zero-order chi connectivity index (χ0) is 31.4. The van der Waals surface area contributed by atoms with Crippen LogP contribution in [0.15, 0.2) is 188 Å². The SMILES string of the molecule is O=P(c1ccccc1)(c1ccccc1)c1ccc(-c2ccncc2-c2ccccc2)c(P(=O)(c2ccccc2)c2ccccc2)c1. The first-order valence-electron chi connectivity index (χ1n) is 15.2. The second-order valence-electron chi connectivity index (χ2n) is 11.0. The number of benzene rings is 6. The molecule has 5 heteroatoms. The largest absolute Gasteiger partial charge is 0.309 e. The summed E-state index contributed by atoms with van der Waals surface area (Å²) in [7, 11) is -6.88. The Bertz CT molecular complexity index is 2100. The molecule has 0 fully saturated rings. The van der Waals surface area contributed by atoms with Crippen LogP contribution in [-0.4, -0.2) is 4.98 Å². The van der Waals surface area contributed by atoms with E-state index in [2.05, 4.69) is 17.1 Å². The molecule has 0 spiro atoms. The van der Waals surface area contributed by atoms with Crippen molar-refractivity contribution >= 4 is 46.1 Å². The summed E-state index contributed by atoms with van der Waals surface area (Å²) in [6.45, 7) is 0. The lowest BCUT2D eigenvalue weighted by molar-refractivity contribution is 0.592. The lowest BCUT2D eigenvalue weighted by atomic mass is 9.96. The van der Waals surface area contributed by atoms with E-state index in [1.807, 2.05) is 170 Å². The fourth-order valence-electron chi connectivity index (χ4n) is 6.11. The maximum absolute atomic E-state index is 16.1. The minimum absolute atomic E-state index is 0.631. The summed E-state index contributed by atoms with van der Waals surface area (Å²) in [5, 5.41) is 4.14. The van der Waals surface area contributed by atoms with Crippen molar-refractivity contribution in [3.63, 3.8) is 0 Å². The van der Waals surface area contributed by atoms with Crippen molar-refractivity contribution in [2.75, 3.05) is 0 Å². The highest BCUT2D eigenvalue weighted by atomic mass is 31.2. The number of pyridine rings is 1. The molecular weight excluding hydrogens is 600 g/mol. The molecule has 0 bridgehead atoms. The first-order valence-corrected chi connectivity index (χ1v) is 18.6. The Kier molecular flexibility index (Phi) is 8.20. The highest BCUT2D eigenvalue weighted by molar-refractivity contribution is 7.86. The fraction of sp³-hybridized carbons (Fsp3) is 0. The zero-order valence-electron chi connectivity index (χ0n) is 25.1. The molecule has 0 saturated heterocycles. The van der Waals surface area contributed by atoms with Gasteiger partial charge in [0.05, 0.1) is 0 Å². The Morgan fingerprint density at radius 3 is 1.28 bits per heavy atom. The molecule has 46 heavy (non-hydrogen) atoms. The molecule has 0 aliphatic rings. The van der Waals surface area contributed by atoms with Gasteiger partial charge in [-0.3, -0.25) is 4.98 Å². The van der Waals surface area contributed by atoms with Gasteiger partial charge < -0.3 is 9.13 Å². The highest BCUT2D eigenvalue weighted by Gasteiger charge is 2.36. The van der Waals surface area contributed by atoms with Crippen molar-refractivity contribution in [2.45, 2.75) is 0 Å². The predicted octanol–water partition coefficient (Wildman–Crippen LogP) is 7.69. The van der Waals surface area contributed by atoms with Crippen molar-refractivity contribution in [3.8, 4) is 22.3 Å². The van der Waals surface area contributed by atoms with Gasteiger partial charge in [-0.15, -0.1) is 0 Å². The molecule has 1 heterocycles. The Hall–Kier alpha value is -5.07. The van der Waals surface area contributed by atoms with E-state index in [1.165, 1.54) is 0 Å². The standard InChI is InChI=1S/C41H31NO2P2/c43-45(33-18-8-2-9-19-33,34-20-10-3-11-21-34)37-26-27-39(38-28-29-42-31-40(38)32-16-6-1-7-17-32)41(30-37)46(44,35-22-12-4-13-23-35)36-24-14-5-15-25-36/h1-31H. The molecule has 0 atom stereocenters. The zero-order valence-corrected chi connectivity index (χ0v) is 26.8. The van der Waals surface area contributed by atoms with Gasteiger partial charge in [-0.2, -0.15) is 0 Å². The summed E-state index contributed by atoms with van der Waals surface area (Å²) < 4.78 is 31.7. The smallest absolute Gasteiger partial charge is 0.171 e. The van der Waals surface area contributed by atoms with Crippen molar-refractivity contribution < 1.29 is 9.13 Å². The number of hydrogen-bond acceptors (Lipinski definition) is 3. The van der Waals surface area contributed by atoms with E-state index >= 15 is 9.13 Å². The van der Waals surface area contributed by atoms with Crippen LogP contribution in [0.1, 0.15) is 0 Å². The molecular formula is C41H31NO2P2. The molecule has 0 radical (unpaired) electrons. The van der Waals surface area contributed by atoms with Crippen molar-refractivity contribution in [3.05, 3.63) is 188 Å². The predicted molar refractivity (Wildman–Crippen MR) is 194 cm³/mol. The summed E-state index contributed by atoms with van der Waals surface area (Å²) in [5.74, 6) is 0. The Labute approximate surface area is 270 Å². The quantitative estimate of drug-likeness (QED) is 0.162. The first kappa shape index (κ1) is 29.6. The van der Waals surface area contributed by atoms with Gasteiger partial charge in [0.2, 0.25) is 0 Å². The monoisotopic (exact) mass is 631 g/mol. The van der Waals surface area contributed by atoms with Crippen molar-refractivity contribution in [1.82, 2.24) is 4.98 Å². The van der Waals surface area contributed by atoms with Crippen LogP contribution >= 0.6 is 14.3 Å². The minimum atomic E-state index is -3.51. The summed E-state index contributed by atoms with van der Waals surface area (Å²) in [6, 6.07) is 56.5. The van der Waals surface area contributed by atoms with Crippen LogP contribution in [0.25, 0.3) is 22.3 Å². The fourth-order valence-corrected chi connectivity index (χ4v) is 11.8. The molecule has 3 nitrogen and oxygen atoms in total. The highest BCUT2D eigenvalue weighted by Crippen LogP contribution is 2.49. The molecule has 0 N–H and O–H groups in total. The lowest BCUT2D eigenvalue weighted by Crippen LogP contribution is -2.31. The van der Waals surface area contributed by atoms with Crippen LogP contribution in [-0.2, 0) is 9.13 Å². The Balaban J connectivity index is 1.59. The van der Waals surface area contributed by atoms with Crippen LogP contribution in [0, 0.1) is 0 Å². The van der Waals surface area contributed by atoms with E-state index in [0.717, 1.165) is 32.9 Å². The molecule has 7 aromatic rings. The topological polar surface area (TPSA) is 47.0 Å². The number of rotatable bonds is 8. The van der Waals surface area contributed by atoms with E-state index in [-0.39, 0.29) is 0 Å². The number of nitrogens with zero attached hydrogens (tertiary/aromatic N) is 1. The molecule has 0 unspecified atom stereocenters. The average molecular weight is 632 g/mol. The van der Waals surface area contributed by atoms with Gasteiger partial charge in [0, 0.05) is 49.8 Å². The van der Waals surface area contributed by atoms with Gasteiger partial charge in [0.25, 0.3) is 0 Å². The second-order valence-corrected chi connectivity index (χ2v) is 16.6. The molecule has 0 aliphatic carbocycles. The normalized spacial score (nSPS) is 11.7. The van der Waals surface area contributed by atoms with E-state index in [0.29, 0.717) is 21.2 Å². The van der Waals surface area contributed by atoms with Crippen LogP contribution in [0.5, 0.6) is 0 Å². The Morgan fingerprint density at radius 2 is 0.804 bits per heavy atom. The van der Waals surface area contributed by atoms with E-state index in [1.54, 1.807) is 6.20 Å². The van der Waals surface area contributed by atoms with Gasteiger partial charge in [0.1, 0.15) is 0 Å². The molecule has 7 rings (SSSR count). The summed E-state index contributed by atoms with van der Waals surface area (Å²) in [5.41, 5.74) is 3.66. The average Bonchev–Trinajstić information content (AvgIpc) is 3.15. The third-order valence-electron chi connectivity index (χ3n) is 8.36. The van der Waals surface area contributed by atoms with Gasteiger partial charge in [-0.1, -0.05) is 164 Å². The number of hydrogen-bond donors (Lipinski definition) is 0. The molecule has 0 aliphatic heterocycles. The lowest BCUT2D eigenvalue weighted by Gasteiger charge is -2.27. The molecule has 0 amide bonds. The molecule has 222 valence electrons. The molecule has 6 aromatic carbocycles. The van der Waals surface area contributed by atoms with Crippen molar-refractivity contribution in [2.24, 2.45) is 0 Å². The second kappa shape index (κ2) is 12.7. The molecule has 0 saturated carbocycles. The first-order chi connectivity index (χ1) is 22.6. The van der Waals surface area contributed by atoms with Crippen molar-refractivity contribution in [1.29, 1.82) is 0 Å². The summed E-state index contributed by atoms with van der Waals surface area (Å²) in [4.78, 5) is 4.48. The van der Waals surface area contributed by atoms with E-state index < -0.39 is 14.3 Å². The number of aromatic nitrogens is 1. The van der Waals surface area contributed by atoms with Crippen LogP contribution in [0.4, 0.5) is 0 Å². The minimum Gasteiger partial charge on any atom is -0.309 e. The summed E-state index contributed by atoms with van der Waals surface area (Å²) in [6.07, 6.45) is 3.63. The van der Waals surface area contributed by atoms with Gasteiger partial charge in [-0.05, 0) is 28.8 Å². The van der Waals surface area contributed by atoms with Gasteiger partial charge in [-0.25, -0.2) is 0 Å². The molecule has 1 aromatic heterocycles. The van der Waals surface area contributed by atoms with E-state index in [9.17, 15) is 0 Å². The maximum atomic E-state index is 16.1. The van der Waals surface area contributed by atoms with Gasteiger partial charge >= 0.3 is 0 Å². The summed E-state index contributed by atoms with van der Waals surface area (Å²) >= 11 is 0. The van der Waals surface area contributed by atoms with Crippen LogP contribution in [0.3, 0.4) is 0 Å². The Morgan fingerprint density at radius 1 is 0.370 bits per heavy atom. The third kappa shape index (κ3) is 5.29. The van der Waals surface area contributed by atoms with Crippen LogP contribution in [0.2, 0.25) is 0 Å². The van der Waals surface area contributed by atoms with E-state index in [4.69, 9.17) is 0 Å².